The Morgan fingerprint density at radius 1 is 1.06 bits per heavy atom. The van der Waals surface area contributed by atoms with Crippen LogP contribution in [-0.2, 0) is 35.6 Å². The summed E-state index contributed by atoms with van der Waals surface area (Å²) < 4.78 is 0. The number of carbonyl (C=O) groups is 3. The van der Waals surface area contributed by atoms with Crippen molar-refractivity contribution in [2.24, 2.45) is 0 Å². The Morgan fingerprint density at radius 3 is 2.78 bits per heavy atom. The van der Waals surface area contributed by atoms with Gasteiger partial charge in [0, 0.05) is 37.7 Å². The van der Waals surface area contributed by atoms with Crippen molar-refractivity contribution >= 4 is 17.7 Å². The highest BCUT2D eigenvalue weighted by Gasteiger charge is 2.39. The zero-order chi connectivity index (χ0) is 22.2. The summed E-state index contributed by atoms with van der Waals surface area (Å²) in [5.74, 6) is -0.779. The van der Waals surface area contributed by atoms with Gasteiger partial charge in [-0.3, -0.25) is 19.7 Å². The third-order valence-electron chi connectivity index (χ3n) is 6.82. The lowest BCUT2D eigenvalue weighted by molar-refractivity contribution is -0.136. The van der Waals surface area contributed by atoms with Gasteiger partial charge in [0.15, 0.2) is 0 Å². The Kier molecular flexibility index (Phi) is 5.53. The molecule has 0 radical (unpaired) electrons. The van der Waals surface area contributed by atoms with Crippen LogP contribution in [0.5, 0.6) is 0 Å². The van der Waals surface area contributed by atoms with Crippen molar-refractivity contribution in [1.82, 2.24) is 20.9 Å². The minimum Gasteiger partial charge on any atom is -0.322 e. The molecule has 7 heteroatoms. The maximum absolute atomic E-state index is 12.8. The van der Waals surface area contributed by atoms with E-state index in [-0.39, 0.29) is 30.2 Å². The molecule has 7 nitrogen and oxygen atoms in total. The lowest BCUT2D eigenvalue weighted by Gasteiger charge is -2.29. The van der Waals surface area contributed by atoms with Gasteiger partial charge in [-0.25, -0.2) is 0 Å². The van der Waals surface area contributed by atoms with Crippen LogP contribution in [0.3, 0.4) is 0 Å². The number of fused-ring (bicyclic) bond motifs is 2. The van der Waals surface area contributed by atoms with E-state index in [1.54, 1.807) is 4.90 Å². The van der Waals surface area contributed by atoms with Crippen LogP contribution in [0.2, 0.25) is 0 Å². The molecule has 2 aromatic carbocycles. The lowest BCUT2D eigenvalue weighted by Crippen LogP contribution is -2.52. The molecule has 0 bridgehead atoms. The van der Waals surface area contributed by atoms with E-state index in [1.165, 1.54) is 16.7 Å². The van der Waals surface area contributed by atoms with Gasteiger partial charge in [-0.15, -0.1) is 0 Å². The van der Waals surface area contributed by atoms with Crippen LogP contribution in [0.25, 0.3) is 0 Å². The fourth-order valence-corrected chi connectivity index (χ4v) is 4.89. The smallest absolute Gasteiger partial charge is 0.255 e. The van der Waals surface area contributed by atoms with E-state index in [0.29, 0.717) is 25.1 Å². The number of nitrogens with one attached hydrogen (secondary N) is 3. The van der Waals surface area contributed by atoms with Gasteiger partial charge in [0.25, 0.3) is 5.91 Å². The fraction of sp³-hybridized carbons (Fsp3) is 0.400. The van der Waals surface area contributed by atoms with Crippen molar-refractivity contribution in [3.63, 3.8) is 0 Å². The Bertz CT molecular complexity index is 1100. The van der Waals surface area contributed by atoms with E-state index >= 15 is 0 Å². The lowest BCUT2D eigenvalue weighted by atomic mass is 9.96. The SMILES string of the molecule is CC(NCc1ccc2c(c1)CN(C1CCC(=O)NC1=O)C2=O)c1ccc2c(c1)CCNC2. The standard InChI is InChI=1S/C25H28N4O3/c1-15(17-3-4-19-13-26-9-8-18(19)11-17)27-12-16-2-5-21-20(10-16)14-29(25(21)32)22-6-7-23(30)28-24(22)31/h2-5,10-11,15,22,26-27H,6-9,12-14H2,1H3,(H,28,30,31). The Balaban J connectivity index is 1.24. The molecule has 0 aromatic heterocycles. The molecule has 3 N–H and O–H groups in total. The second-order valence-corrected chi connectivity index (χ2v) is 8.95. The first-order valence-corrected chi connectivity index (χ1v) is 11.3. The van der Waals surface area contributed by atoms with Crippen LogP contribution < -0.4 is 16.0 Å². The minimum atomic E-state index is -0.576. The molecule has 3 aliphatic heterocycles. The molecular formula is C25H28N4O3. The van der Waals surface area contributed by atoms with Crippen molar-refractivity contribution < 1.29 is 14.4 Å². The van der Waals surface area contributed by atoms with Crippen LogP contribution >= 0.6 is 0 Å². The predicted octanol–water partition coefficient (Wildman–Crippen LogP) is 1.94. The van der Waals surface area contributed by atoms with Gasteiger partial charge >= 0.3 is 0 Å². The summed E-state index contributed by atoms with van der Waals surface area (Å²) in [6.07, 6.45) is 1.72. The number of amides is 3. The molecular weight excluding hydrogens is 404 g/mol. The number of hydrogen-bond donors (Lipinski definition) is 3. The van der Waals surface area contributed by atoms with E-state index in [0.717, 1.165) is 30.6 Å². The third-order valence-corrected chi connectivity index (χ3v) is 6.82. The Hall–Kier alpha value is -3.03. The van der Waals surface area contributed by atoms with Crippen LogP contribution in [-0.4, -0.2) is 35.2 Å². The van der Waals surface area contributed by atoms with Gasteiger partial charge in [-0.2, -0.15) is 0 Å². The molecule has 166 valence electrons. The molecule has 1 fully saturated rings. The second kappa shape index (κ2) is 8.48. The number of nitrogens with zero attached hydrogens (tertiary/aromatic N) is 1. The number of imide groups is 1. The topological polar surface area (TPSA) is 90.5 Å². The van der Waals surface area contributed by atoms with Crippen LogP contribution in [0.1, 0.15) is 64.0 Å². The summed E-state index contributed by atoms with van der Waals surface area (Å²) in [4.78, 5) is 38.1. The molecule has 0 aliphatic carbocycles. The number of piperidine rings is 1. The first kappa shape index (κ1) is 20.8. The monoisotopic (exact) mass is 432 g/mol. The first-order valence-electron chi connectivity index (χ1n) is 11.3. The van der Waals surface area contributed by atoms with Gasteiger partial charge in [0.2, 0.25) is 11.8 Å². The summed E-state index contributed by atoms with van der Waals surface area (Å²) in [5, 5.41) is 9.35. The third kappa shape index (κ3) is 3.94. The highest BCUT2D eigenvalue weighted by molar-refractivity contribution is 6.05. The largest absolute Gasteiger partial charge is 0.322 e. The quantitative estimate of drug-likeness (QED) is 0.629. The molecule has 2 aromatic rings. The zero-order valence-electron chi connectivity index (χ0n) is 18.2. The van der Waals surface area contributed by atoms with Crippen molar-refractivity contribution in [2.45, 2.75) is 57.9 Å². The Morgan fingerprint density at radius 2 is 1.94 bits per heavy atom. The number of benzene rings is 2. The molecule has 1 saturated heterocycles. The number of hydrogen-bond acceptors (Lipinski definition) is 5. The molecule has 3 amide bonds. The second-order valence-electron chi connectivity index (χ2n) is 8.95. The van der Waals surface area contributed by atoms with Gasteiger partial charge in [-0.1, -0.05) is 30.3 Å². The van der Waals surface area contributed by atoms with Crippen molar-refractivity contribution in [1.29, 1.82) is 0 Å². The summed E-state index contributed by atoms with van der Waals surface area (Å²) in [7, 11) is 0. The van der Waals surface area contributed by atoms with Crippen LogP contribution in [0.15, 0.2) is 36.4 Å². The molecule has 3 aliphatic rings. The molecule has 0 spiro atoms. The molecule has 3 heterocycles. The minimum absolute atomic E-state index is 0.133. The van der Waals surface area contributed by atoms with Crippen LogP contribution in [0, 0.1) is 0 Å². The molecule has 0 saturated carbocycles. The fourth-order valence-electron chi connectivity index (χ4n) is 4.89. The van der Waals surface area contributed by atoms with Gasteiger partial charge in [0.1, 0.15) is 6.04 Å². The molecule has 5 rings (SSSR count). The van der Waals surface area contributed by atoms with Crippen molar-refractivity contribution in [3.8, 4) is 0 Å². The normalized spacial score (nSPS) is 21.2. The summed E-state index contributed by atoms with van der Waals surface area (Å²) >= 11 is 0. The Labute approximate surface area is 187 Å². The zero-order valence-corrected chi connectivity index (χ0v) is 18.2. The highest BCUT2D eigenvalue weighted by atomic mass is 16.2. The molecule has 32 heavy (non-hydrogen) atoms. The van der Waals surface area contributed by atoms with E-state index in [4.69, 9.17) is 0 Å². The van der Waals surface area contributed by atoms with E-state index < -0.39 is 6.04 Å². The summed E-state index contributed by atoms with van der Waals surface area (Å²) in [6.45, 7) is 5.25. The maximum atomic E-state index is 12.8. The summed E-state index contributed by atoms with van der Waals surface area (Å²) in [5.41, 5.74) is 6.79. The van der Waals surface area contributed by atoms with E-state index in [9.17, 15) is 14.4 Å². The summed E-state index contributed by atoms with van der Waals surface area (Å²) in [6, 6.07) is 12.3. The van der Waals surface area contributed by atoms with Crippen molar-refractivity contribution in [3.05, 3.63) is 69.8 Å². The predicted molar refractivity (Wildman–Crippen MR) is 120 cm³/mol. The van der Waals surface area contributed by atoms with Gasteiger partial charge in [0.05, 0.1) is 0 Å². The first-order chi connectivity index (χ1) is 15.5. The number of carbonyl (C=O) groups excluding carboxylic acids is 3. The van der Waals surface area contributed by atoms with Gasteiger partial charge < -0.3 is 15.5 Å². The van der Waals surface area contributed by atoms with Gasteiger partial charge in [-0.05, 0) is 60.2 Å². The van der Waals surface area contributed by atoms with E-state index in [2.05, 4.69) is 47.1 Å². The van der Waals surface area contributed by atoms with Crippen molar-refractivity contribution in [2.75, 3.05) is 6.54 Å². The van der Waals surface area contributed by atoms with E-state index in [1.807, 2.05) is 12.1 Å². The van der Waals surface area contributed by atoms with Crippen LogP contribution in [0.4, 0.5) is 0 Å². The molecule has 2 unspecified atom stereocenters. The maximum Gasteiger partial charge on any atom is 0.255 e. The highest BCUT2D eigenvalue weighted by Crippen LogP contribution is 2.28. The molecule has 2 atom stereocenters. The average Bonchev–Trinajstić information content (AvgIpc) is 3.12. The number of rotatable bonds is 5. The average molecular weight is 433 g/mol.